The summed E-state index contributed by atoms with van der Waals surface area (Å²) in [6.07, 6.45) is 8.13. The van der Waals surface area contributed by atoms with Gasteiger partial charge in [-0.25, -0.2) is 4.98 Å². The van der Waals surface area contributed by atoms with E-state index in [4.69, 9.17) is 4.42 Å². The van der Waals surface area contributed by atoms with Crippen molar-refractivity contribution in [1.82, 2.24) is 9.88 Å². The van der Waals surface area contributed by atoms with E-state index >= 15 is 0 Å². The first-order valence-electron chi connectivity index (χ1n) is 8.51. The van der Waals surface area contributed by atoms with E-state index in [2.05, 4.69) is 16.0 Å². The van der Waals surface area contributed by atoms with Crippen LogP contribution in [0.25, 0.3) is 11.5 Å². The molecule has 1 N–H and O–H groups in total. The molecule has 1 aromatic heterocycles. The number of oxazole rings is 1. The van der Waals surface area contributed by atoms with E-state index in [0.717, 1.165) is 23.4 Å². The number of rotatable bonds is 5. The predicted molar refractivity (Wildman–Crippen MR) is 91.1 cm³/mol. The van der Waals surface area contributed by atoms with Crippen LogP contribution in [0.4, 0.5) is 0 Å². The van der Waals surface area contributed by atoms with E-state index in [1.165, 1.54) is 37.7 Å². The Kier molecular flexibility index (Phi) is 5.13. The molecule has 0 atom stereocenters. The number of hydrogen-bond donors (Lipinski definition) is 1. The minimum Gasteiger partial charge on any atom is -0.440 e. The largest absolute Gasteiger partial charge is 0.440 e. The summed E-state index contributed by atoms with van der Waals surface area (Å²) in [5.74, 6) is 2.05. The van der Waals surface area contributed by atoms with Gasteiger partial charge in [-0.1, -0.05) is 37.5 Å². The molecule has 4 nitrogen and oxygen atoms in total. The normalized spacial score (nSPS) is 16.2. The van der Waals surface area contributed by atoms with Gasteiger partial charge in [0.15, 0.2) is 0 Å². The Hall–Kier alpha value is -1.65. The first-order chi connectivity index (χ1) is 11.2. The number of aliphatic hydroxyl groups is 1. The summed E-state index contributed by atoms with van der Waals surface area (Å²) in [5.41, 5.74) is 3.20. The van der Waals surface area contributed by atoms with Crippen LogP contribution in [-0.2, 0) is 13.2 Å². The first-order valence-corrected chi connectivity index (χ1v) is 8.51. The fourth-order valence-corrected chi connectivity index (χ4v) is 3.57. The Bertz CT molecular complexity index is 643. The maximum Gasteiger partial charge on any atom is 0.226 e. The quantitative estimate of drug-likeness (QED) is 0.908. The topological polar surface area (TPSA) is 49.5 Å². The molecule has 0 saturated heterocycles. The number of hydrogen-bond acceptors (Lipinski definition) is 4. The van der Waals surface area contributed by atoms with Crippen LogP contribution in [0.5, 0.6) is 0 Å². The zero-order valence-corrected chi connectivity index (χ0v) is 14.1. The van der Waals surface area contributed by atoms with Crippen LogP contribution in [0.2, 0.25) is 0 Å². The van der Waals surface area contributed by atoms with Gasteiger partial charge >= 0.3 is 0 Å². The minimum absolute atomic E-state index is 0.0152. The molecule has 0 amide bonds. The highest BCUT2D eigenvalue weighted by Gasteiger charge is 2.23. The van der Waals surface area contributed by atoms with Crippen molar-refractivity contribution in [3.05, 3.63) is 41.3 Å². The fraction of sp³-hybridized carbons (Fsp3) is 0.526. The molecule has 23 heavy (non-hydrogen) atoms. The Morgan fingerprint density at radius 3 is 2.70 bits per heavy atom. The Morgan fingerprint density at radius 1 is 1.22 bits per heavy atom. The maximum absolute atomic E-state index is 9.78. The lowest BCUT2D eigenvalue weighted by atomic mass is 9.81. The van der Waals surface area contributed by atoms with Crippen molar-refractivity contribution in [2.75, 3.05) is 14.1 Å². The highest BCUT2D eigenvalue weighted by atomic mass is 16.4. The first kappa shape index (κ1) is 16.2. The smallest absolute Gasteiger partial charge is 0.226 e. The zero-order valence-electron chi connectivity index (χ0n) is 14.1. The molecular formula is C19H26N2O2. The summed E-state index contributed by atoms with van der Waals surface area (Å²) in [6.45, 7) is 0.744. The molecular weight excluding hydrogens is 288 g/mol. The average molecular weight is 314 g/mol. The summed E-state index contributed by atoms with van der Waals surface area (Å²) in [7, 11) is 4.02. The second-order valence-electron chi connectivity index (χ2n) is 6.74. The molecule has 0 radical (unpaired) electrons. The van der Waals surface area contributed by atoms with Crippen LogP contribution in [0.1, 0.15) is 54.9 Å². The van der Waals surface area contributed by atoms with Gasteiger partial charge in [0.2, 0.25) is 5.89 Å². The van der Waals surface area contributed by atoms with Crippen LogP contribution < -0.4 is 0 Å². The van der Waals surface area contributed by atoms with Gasteiger partial charge in [0.05, 0.1) is 19.3 Å². The van der Waals surface area contributed by atoms with E-state index in [-0.39, 0.29) is 6.61 Å². The van der Waals surface area contributed by atoms with Crippen LogP contribution in [0, 0.1) is 0 Å². The lowest BCUT2D eigenvalue weighted by Gasteiger charge is -2.24. The second-order valence-corrected chi connectivity index (χ2v) is 6.74. The van der Waals surface area contributed by atoms with Gasteiger partial charge in [-0.05, 0) is 44.0 Å². The molecule has 1 heterocycles. The van der Waals surface area contributed by atoms with E-state index in [1.807, 2.05) is 26.2 Å². The molecule has 0 unspecified atom stereocenters. The van der Waals surface area contributed by atoms with Gasteiger partial charge in [0.25, 0.3) is 0 Å². The molecule has 3 rings (SSSR count). The minimum atomic E-state index is 0.0152. The third kappa shape index (κ3) is 3.65. The molecule has 1 fully saturated rings. The number of aliphatic hydroxyl groups excluding tert-OH is 1. The fourth-order valence-electron chi connectivity index (χ4n) is 3.57. The average Bonchev–Trinajstić information content (AvgIpc) is 3.02. The summed E-state index contributed by atoms with van der Waals surface area (Å²) < 4.78 is 5.99. The molecule has 0 aliphatic heterocycles. The van der Waals surface area contributed by atoms with Crippen LogP contribution >= 0.6 is 0 Å². The van der Waals surface area contributed by atoms with Crippen molar-refractivity contribution < 1.29 is 9.52 Å². The Labute approximate surface area is 138 Å². The van der Waals surface area contributed by atoms with Crippen molar-refractivity contribution in [1.29, 1.82) is 0 Å². The van der Waals surface area contributed by atoms with Gasteiger partial charge in [-0.3, -0.25) is 0 Å². The van der Waals surface area contributed by atoms with Gasteiger partial charge in [0.1, 0.15) is 5.76 Å². The summed E-state index contributed by atoms with van der Waals surface area (Å²) in [6, 6.07) is 6.19. The molecule has 1 saturated carbocycles. The molecule has 1 aliphatic rings. The van der Waals surface area contributed by atoms with E-state index < -0.39 is 0 Å². The van der Waals surface area contributed by atoms with Gasteiger partial charge in [0, 0.05) is 5.56 Å². The second kappa shape index (κ2) is 7.28. The number of benzene rings is 1. The predicted octanol–water partition coefficient (Wildman–Crippen LogP) is 3.94. The molecule has 0 bridgehead atoms. The Morgan fingerprint density at radius 2 is 2.00 bits per heavy atom. The highest BCUT2D eigenvalue weighted by Crippen LogP contribution is 2.39. The monoisotopic (exact) mass is 314 g/mol. The molecule has 4 heteroatoms. The number of aromatic nitrogens is 1. The molecule has 2 aromatic rings. The van der Waals surface area contributed by atoms with Crippen molar-refractivity contribution in [2.45, 2.75) is 51.2 Å². The van der Waals surface area contributed by atoms with Crippen LogP contribution in [-0.4, -0.2) is 29.1 Å². The summed E-state index contributed by atoms with van der Waals surface area (Å²) >= 11 is 0. The van der Waals surface area contributed by atoms with Gasteiger partial charge in [-0.15, -0.1) is 0 Å². The lowest BCUT2D eigenvalue weighted by Crippen LogP contribution is -2.09. The standard InChI is InChI=1S/C19H26N2O2/c1-21(2)12-16-11-20-19(23-16)18-15(13-22)9-6-10-17(18)14-7-4-3-5-8-14/h6,9-11,14,22H,3-5,7-8,12-13H2,1-2H3. The van der Waals surface area contributed by atoms with Crippen LogP contribution in [0.15, 0.2) is 28.8 Å². The molecule has 0 spiro atoms. The van der Waals surface area contributed by atoms with Crippen molar-refractivity contribution in [3.8, 4) is 11.5 Å². The third-order valence-electron chi connectivity index (χ3n) is 4.64. The van der Waals surface area contributed by atoms with Crippen LogP contribution in [0.3, 0.4) is 0 Å². The summed E-state index contributed by atoms with van der Waals surface area (Å²) in [4.78, 5) is 6.56. The molecule has 1 aromatic carbocycles. The number of nitrogens with zero attached hydrogens (tertiary/aromatic N) is 2. The summed E-state index contributed by atoms with van der Waals surface area (Å²) in [5, 5.41) is 9.78. The van der Waals surface area contributed by atoms with Crippen molar-refractivity contribution in [3.63, 3.8) is 0 Å². The Balaban J connectivity index is 2.00. The van der Waals surface area contributed by atoms with Crippen molar-refractivity contribution in [2.24, 2.45) is 0 Å². The molecule has 1 aliphatic carbocycles. The zero-order chi connectivity index (χ0) is 16.2. The van der Waals surface area contributed by atoms with Gasteiger partial charge < -0.3 is 14.4 Å². The third-order valence-corrected chi connectivity index (χ3v) is 4.64. The molecule has 124 valence electrons. The van der Waals surface area contributed by atoms with Gasteiger partial charge in [-0.2, -0.15) is 0 Å². The SMILES string of the molecule is CN(C)Cc1cnc(-c2c(CO)cccc2C2CCCCC2)o1. The van der Waals surface area contributed by atoms with E-state index in [0.29, 0.717) is 11.8 Å². The maximum atomic E-state index is 9.78. The highest BCUT2D eigenvalue weighted by molar-refractivity contribution is 5.64. The van der Waals surface area contributed by atoms with Crippen molar-refractivity contribution >= 4 is 0 Å². The van der Waals surface area contributed by atoms with E-state index in [9.17, 15) is 5.11 Å². The lowest BCUT2D eigenvalue weighted by molar-refractivity contribution is 0.281. The van der Waals surface area contributed by atoms with E-state index in [1.54, 1.807) is 6.20 Å².